The molecule has 0 heterocycles. The Balaban J connectivity index is 4.30. The molecule has 1 atom stereocenters. The van der Waals surface area contributed by atoms with E-state index in [-0.39, 0.29) is 0 Å². The predicted octanol–water partition coefficient (Wildman–Crippen LogP) is 4.06. The van der Waals surface area contributed by atoms with Gasteiger partial charge in [-0.05, 0) is 27.7 Å². The van der Waals surface area contributed by atoms with Gasteiger partial charge in [0.15, 0.2) is 0 Å². The Bertz CT molecular complexity index is 118. The summed E-state index contributed by atoms with van der Waals surface area (Å²) in [7, 11) is -0.476. The van der Waals surface area contributed by atoms with E-state index in [4.69, 9.17) is 11.2 Å². The molecular weight excluding hydrogens is 189 g/mol. The molecule has 12 heavy (non-hydrogen) atoms. The molecular formula is C9H21ClNP. The van der Waals surface area contributed by atoms with E-state index in [1.54, 1.807) is 0 Å². The van der Waals surface area contributed by atoms with E-state index in [0.29, 0.717) is 17.7 Å². The third-order valence-electron chi connectivity index (χ3n) is 1.70. The van der Waals surface area contributed by atoms with Crippen molar-refractivity contribution in [2.45, 2.75) is 59.3 Å². The monoisotopic (exact) mass is 209 g/mol. The van der Waals surface area contributed by atoms with Crippen molar-refractivity contribution >= 4 is 18.7 Å². The van der Waals surface area contributed by atoms with Crippen LogP contribution in [0.15, 0.2) is 0 Å². The predicted molar refractivity (Wildman–Crippen MR) is 60.0 cm³/mol. The van der Waals surface area contributed by atoms with Gasteiger partial charge in [0.25, 0.3) is 0 Å². The standard InChI is InChI=1S/C9H21ClNP/c1-7(2)11(8(3)4)12(10)9(5)6/h7-9H,1-6H3. The minimum absolute atomic E-state index is 0.476. The van der Waals surface area contributed by atoms with Crippen molar-refractivity contribution < 1.29 is 0 Å². The summed E-state index contributed by atoms with van der Waals surface area (Å²) in [6.07, 6.45) is 0. The Morgan fingerprint density at radius 2 is 1.25 bits per heavy atom. The van der Waals surface area contributed by atoms with E-state index in [0.717, 1.165) is 0 Å². The third kappa shape index (κ3) is 3.60. The molecule has 0 rings (SSSR count). The topological polar surface area (TPSA) is 3.24 Å². The first kappa shape index (κ1) is 12.7. The van der Waals surface area contributed by atoms with Crippen LogP contribution in [0.4, 0.5) is 0 Å². The lowest BCUT2D eigenvalue weighted by atomic mass is 10.3. The molecule has 0 aromatic carbocycles. The molecule has 0 saturated heterocycles. The second-order valence-electron chi connectivity index (χ2n) is 3.95. The van der Waals surface area contributed by atoms with Gasteiger partial charge in [0.05, 0.1) is 7.43 Å². The van der Waals surface area contributed by atoms with Crippen molar-refractivity contribution in [1.29, 1.82) is 0 Å². The maximum atomic E-state index is 6.36. The molecule has 0 aliphatic rings. The lowest BCUT2D eigenvalue weighted by Crippen LogP contribution is -2.32. The molecule has 0 bridgehead atoms. The van der Waals surface area contributed by atoms with Gasteiger partial charge in [0, 0.05) is 17.7 Å². The van der Waals surface area contributed by atoms with E-state index in [2.05, 4.69) is 46.2 Å². The number of rotatable bonds is 4. The van der Waals surface area contributed by atoms with Crippen molar-refractivity contribution in [2.24, 2.45) is 0 Å². The summed E-state index contributed by atoms with van der Waals surface area (Å²) in [6.45, 7) is 13.2. The lowest BCUT2D eigenvalue weighted by molar-refractivity contribution is 0.324. The number of halogens is 1. The Morgan fingerprint density at radius 3 is 1.33 bits per heavy atom. The van der Waals surface area contributed by atoms with Crippen LogP contribution in [0.2, 0.25) is 0 Å². The normalized spacial score (nSPS) is 15.2. The highest BCUT2D eigenvalue weighted by Gasteiger charge is 2.24. The molecule has 0 fully saturated rings. The zero-order valence-electron chi connectivity index (χ0n) is 9.00. The van der Waals surface area contributed by atoms with Crippen LogP contribution in [0.5, 0.6) is 0 Å². The van der Waals surface area contributed by atoms with Crippen LogP contribution in [0.25, 0.3) is 0 Å². The zero-order chi connectivity index (χ0) is 9.89. The summed E-state index contributed by atoms with van der Waals surface area (Å²) in [5.41, 5.74) is 0.575. The van der Waals surface area contributed by atoms with Gasteiger partial charge in [-0.25, -0.2) is 0 Å². The van der Waals surface area contributed by atoms with Crippen LogP contribution in [0.3, 0.4) is 0 Å². The third-order valence-corrected chi connectivity index (χ3v) is 5.62. The van der Waals surface area contributed by atoms with Gasteiger partial charge in [-0.15, -0.1) is 0 Å². The molecule has 1 unspecified atom stereocenters. The lowest BCUT2D eigenvalue weighted by Gasteiger charge is -2.36. The fourth-order valence-electron chi connectivity index (χ4n) is 1.30. The molecule has 0 aromatic rings. The molecule has 0 aliphatic carbocycles. The van der Waals surface area contributed by atoms with E-state index < -0.39 is 7.43 Å². The smallest absolute Gasteiger partial charge is 0.0657 e. The molecule has 1 nitrogen and oxygen atoms in total. The molecule has 0 aliphatic heterocycles. The van der Waals surface area contributed by atoms with E-state index in [1.165, 1.54) is 0 Å². The van der Waals surface area contributed by atoms with Gasteiger partial charge < -0.3 is 0 Å². The Morgan fingerprint density at radius 1 is 0.917 bits per heavy atom. The summed E-state index contributed by atoms with van der Waals surface area (Å²) < 4.78 is 2.40. The molecule has 0 aromatic heterocycles. The SMILES string of the molecule is CC(C)N(C(C)C)P(Cl)C(C)C. The fourth-order valence-corrected chi connectivity index (χ4v) is 3.77. The van der Waals surface area contributed by atoms with Crippen molar-refractivity contribution in [3.63, 3.8) is 0 Å². The molecule has 3 heteroatoms. The molecule has 0 amide bonds. The highest BCUT2D eigenvalue weighted by Crippen LogP contribution is 2.52. The minimum Gasteiger partial charge on any atom is -0.264 e. The van der Waals surface area contributed by atoms with Gasteiger partial charge in [0.1, 0.15) is 0 Å². The zero-order valence-corrected chi connectivity index (χ0v) is 10.7. The molecule has 0 radical (unpaired) electrons. The average molecular weight is 210 g/mol. The van der Waals surface area contributed by atoms with Crippen molar-refractivity contribution in [3.8, 4) is 0 Å². The molecule has 74 valence electrons. The summed E-state index contributed by atoms with van der Waals surface area (Å²) in [5.74, 6) is 0. The van der Waals surface area contributed by atoms with Gasteiger partial charge in [0.2, 0.25) is 0 Å². The van der Waals surface area contributed by atoms with Crippen LogP contribution < -0.4 is 0 Å². The average Bonchev–Trinajstić information content (AvgIpc) is 1.85. The summed E-state index contributed by atoms with van der Waals surface area (Å²) >= 11 is 6.36. The number of hydrogen-bond donors (Lipinski definition) is 0. The largest absolute Gasteiger partial charge is 0.264 e. The van der Waals surface area contributed by atoms with Gasteiger partial charge in [-0.2, -0.15) is 0 Å². The summed E-state index contributed by atoms with van der Waals surface area (Å²) in [5, 5.41) is 0. The first-order valence-corrected chi connectivity index (χ1v) is 6.88. The highest BCUT2D eigenvalue weighted by molar-refractivity contribution is 7.82. The van der Waals surface area contributed by atoms with Crippen molar-refractivity contribution in [3.05, 3.63) is 0 Å². The molecule has 0 spiro atoms. The van der Waals surface area contributed by atoms with Crippen molar-refractivity contribution in [2.75, 3.05) is 0 Å². The summed E-state index contributed by atoms with van der Waals surface area (Å²) in [4.78, 5) is 0. The Hall–Kier alpha value is 0.680. The molecule has 0 N–H and O–H groups in total. The maximum absolute atomic E-state index is 6.36. The van der Waals surface area contributed by atoms with Crippen LogP contribution in [0, 0.1) is 0 Å². The van der Waals surface area contributed by atoms with Gasteiger partial charge in [-0.3, -0.25) is 4.67 Å². The minimum atomic E-state index is -0.476. The fraction of sp³-hybridized carbons (Fsp3) is 1.00. The van der Waals surface area contributed by atoms with Gasteiger partial charge in [-0.1, -0.05) is 25.1 Å². The van der Waals surface area contributed by atoms with Crippen molar-refractivity contribution in [1.82, 2.24) is 4.67 Å². The van der Waals surface area contributed by atoms with E-state index in [1.807, 2.05) is 0 Å². The second kappa shape index (κ2) is 5.42. The second-order valence-corrected chi connectivity index (χ2v) is 7.06. The van der Waals surface area contributed by atoms with Crippen LogP contribution in [-0.4, -0.2) is 22.4 Å². The van der Waals surface area contributed by atoms with Crippen LogP contribution >= 0.6 is 18.7 Å². The maximum Gasteiger partial charge on any atom is 0.0657 e. The molecule has 0 saturated carbocycles. The van der Waals surface area contributed by atoms with E-state index >= 15 is 0 Å². The van der Waals surface area contributed by atoms with Crippen LogP contribution in [-0.2, 0) is 0 Å². The Kier molecular flexibility index (Phi) is 5.73. The summed E-state index contributed by atoms with van der Waals surface area (Å²) in [6, 6.07) is 1.10. The highest BCUT2D eigenvalue weighted by atomic mass is 35.7. The first-order chi connectivity index (χ1) is 5.37. The first-order valence-electron chi connectivity index (χ1n) is 4.61. The number of nitrogens with zero attached hydrogens (tertiary/aromatic N) is 1. The van der Waals surface area contributed by atoms with Gasteiger partial charge >= 0.3 is 0 Å². The number of hydrogen-bond acceptors (Lipinski definition) is 1. The quantitative estimate of drug-likeness (QED) is 0.631. The Labute approximate surface area is 83.1 Å². The van der Waals surface area contributed by atoms with Crippen LogP contribution in [0.1, 0.15) is 41.5 Å². The van der Waals surface area contributed by atoms with E-state index in [9.17, 15) is 0 Å².